The van der Waals surface area contributed by atoms with Crippen LogP contribution < -0.4 is 0 Å². The van der Waals surface area contributed by atoms with Crippen molar-refractivity contribution in [3.05, 3.63) is 78.0 Å². The lowest BCUT2D eigenvalue weighted by atomic mass is 10.0. The first kappa shape index (κ1) is 11.6. The summed E-state index contributed by atoms with van der Waals surface area (Å²) in [6.07, 6.45) is 2.17. The molecular weight excluding hydrogens is 234 g/mol. The Morgan fingerprint density at radius 3 is 2.63 bits per heavy atom. The van der Waals surface area contributed by atoms with Gasteiger partial charge in [-0.3, -0.25) is 9.78 Å². The van der Waals surface area contributed by atoms with Crippen molar-refractivity contribution in [3.63, 3.8) is 0 Å². The Morgan fingerprint density at radius 2 is 1.79 bits per heavy atom. The molecule has 3 rings (SSSR count). The maximum Gasteiger partial charge on any atom is 0.167 e. The molecule has 2 heteroatoms. The summed E-state index contributed by atoms with van der Waals surface area (Å²) in [5, 5.41) is 1.05. The first-order valence-electron chi connectivity index (χ1n) is 6.25. The molecular formula is C17H13NO. The van der Waals surface area contributed by atoms with Crippen molar-refractivity contribution in [3.8, 4) is 0 Å². The Hall–Kier alpha value is -2.48. The van der Waals surface area contributed by atoms with Crippen molar-refractivity contribution in [1.29, 1.82) is 0 Å². The van der Waals surface area contributed by atoms with Gasteiger partial charge in [0.05, 0.1) is 5.52 Å². The molecule has 1 heterocycles. The molecule has 0 N–H and O–H groups in total. The van der Waals surface area contributed by atoms with Crippen LogP contribution in [0.15, 0.2) is 66.9 Å². The maximum absolute atomic E-state index is 12.2. The van der Waals surface area contributed by atoms with E-state index in [2.05, 4.69) is 4.98 Å². The normalized spacial score (nSPS) is 10.5. The third-order valence-corrected chi connectivity index (χ3v) is 3.14. The van der Waals surface area contributed by atoms with Crippen LogP contribution in [-0.4, -0.2) is 10.8 Å². The molecule has 0 spiro atoms. The molecule has 0 bridgehead atoms. The van der Waals surface area contributed by atoms with Gasteiger partial charge in [0.15, 0.2) is 5.78 Å². The zero-order valence-electron chi connectivity index (χ0n) is 10.4. The van der Waals surface area contributed by atoms with Gasteiger partial charge in [-0.1, -0.05) is 48.5 Å². The molecule has 0 saturated carbocycles. The Balaban J connectivity index is 1.89. The Morgan fingerprint density at radius 1 is 0.947 bits per heavy atom. The third-order valence-electron chi connectivity index (χ3n) is 3.14. The van der Waals surface area contributed by atoms with Crippen LogP contribution in [0, 0.1) is 0 Å². The molecule has 19 heavy (non-hydrogen) atoms. The van der Waals surface area contributed by atoms with Gasteiger partial charge in [-0.25, -0.2) is 0 Å². The molecule has 3 aromatic rings. The molecule has 1 aromatic heterocycles. The van der Waals surface area contributed by atoms with E-state index < -0.39 is 0 Å². The SMILES string of the molecule is O=C(Cc1ccccc1)c1ccc2cccnc2c1. The van der Waals surface area contributed by atoms with Gasteiger partial charge in [-0.15, -0.1) is 0 Å². The molecule has 0 fully saturated rings. The average molecular weight is 247 g/mol. The summed E-state index contributed by atoms with van der Waals surface area (Å²) in [6, 6.07) is 19.4. The van der Waals surface area contributed by atoms with Gasteiger partial charge >= 0.3 is 0 Å². The summed E-state index contributed by atoms with van der Waals surface area (Å²) in [5.41, 5.74) is 2.62. The smallest absolute Gasteiger partial charge is 0.167 e. The number of Topliss-reactive ketones (excluding diaryl/α,β-unsaturated/α-hetero) is 1. The van der Waals surface area contributed by atoms with Gasteiger partial charge in [0, 0.05) is 23.6 Å². The lowest BCUT2D eigenvalue weighted by Gasteiger charge is -2.03. The number of carbonyl (C=O) groups is 1. The summed E-state index contributed by atoms with van der Waals surface area (Å²) in [6.45, 7) is 0. The highest BCUT2D eigenvalue weighted by atomic mass is 16.1. The largest absolute Gasteiger partial charge is 0.294 e. The number of carbonyl (C=O) groups excluding carboxylic acids is 1. The number of hydrogen-bond acceptors (Lipinski definition) is 2. The molecule has 2 nitrogen and oxygen atoms in total. The Bertz CT molecular complexity index is 719. The van der Waals surface area contributed by atoms with E-state index in [1.165, 1.54) is 0 Å². The van der Waals surface area contributed by atoms with Crippen LogP contribution in [0.1, 0.15) is 15.9 Å². The molecule has 0 radical (unpaired) electrons. The molecule has 92 valence electrons. The molecule has 0 amide bonds. The molecule has 0 unspecified atom stereocenters. The van der Waals surface area contributed by atoms with Gasteiger partial charge in [0.2, 0.25) is 0 Å². The molecule has 0 aliphatic rings. The number of benzene rings is 2. The summed E-state index contributed by atoms with van der Waals surface area (Å²) in [7, 11) is 0. The highest BCUT2D eigenvalue weighted by molar-refractivity contribution is 6.00. The predicted octanol–water partition coefficient (Wildman–Crippen LogP) is 3.66. The predicted molar refractivity (Wildman–Crippen MR) is 76.2 cm³/mol. The van der Waals surface area contributed by atoms with Gasteiger partial charge in [0.1, 0.15) is 0 Å². The third kappa shape index (κ3) is 2.52. The highest BCUT2D eigenvalue weighted by Gasteiger charge is 2.07. The number of ketones is 1. The monoisotopic (exact) mass is 247 g/mol. The van der Waals surface area contributed by atoms with Crippen LogP contribution in [0.2, 0.25) is 0 Å². The minimum atomic E-state index is 0.124. The van der Waals surface area contributed by atoms with Crippen LogP contribution in [0.25, 0.3) is 10.9 Å². The van der Waals surface area contributed by atoms with Crippen molar-refractivity contribution in [2.75, 3.05) is 0 Å². The molecule has 0 aliphatic heterocycles. The Kier molecular flexibility index (Phi) is 3.07. The summed E-state index contributed by atoms with van der Waals surface area (Å²) in [5.74, 6) is 0.124. The number of fused-ring (bicyclic) bond motifs is 1. The second kappa shape index (κ2) is 5.02. The van der Waals surface area contributed by atoms with Gasteiger partial charge in [-0.2, -0.15) is 0 Å². The summed E-state index contributed by atoms with van der Waals surface area (Å²) in [4.78, 5) is 16.5. The fourth-order valence-electron chi connectivity index (χ4n) is 2.12. The van der Waals surface area contributed by atoms with Crippen LogP contribution in [0.4, 0.5) is 0 Å². The van der Waals surface area contributed by atoms with Gasteiger partial charge in [0.25, 0.3) is 0 Å². The molecule has 0 atom stereocenters. The number of hydrogen-bond donors (Lipinski definition) is 0. The van der Waals surface area contributed by atoms with Crippen LogP contribution >= 0.6 is 0 Å². The maximum atomic E-state index is 12.2. The van der Waals surface area contributed by atoms with Gasteiger partial charge < -0.3 is 0 Å². The standard InChI is InChI=1S/C17H13NO/c19-17(11-13-5-2-1-3-6-13)15-9-8-14-7-4-10-18-16(14)12-15/h1-10,12H,11H2. The van der Waals surface area contributed by atoms with E-state index in [1.54, 1.807) is 6.20 Å². The van der Waals surface area contributed by atoms with Crippen molar-refractivity contribution < 1.29 is 4.79 Å². The second-order valence-corrected chi connectivity index (χ2v) is 4.50. The van der Waals surface area contributed by atoms with Gasteiger partial charge in [-0.05, 0) is 17.7 Å². The van der Waals surface area contributed by atoms with Crippen LogP contribution in [0.5, 0.6) is 0 Å². The van der Waals surface area contributed by atoms with Crippen molar-refractivity contribution in [2.45, 2.75) is 6.42 Å². The van der Waals surface area contributed by atoms with Crippen LogP contribution in [0.3, 0.4) is 0 Å². The minimum Gasteiger partial charge on any atom is -0.294 e. The van der Waals surface area contributed by atoms with E-state index in [1.807, 2.05) is 60.7 Å². The van der Waals surface area contributed by atoms with E-state index in [0.29, 0.717) is 6.42 Å². The van der Waals surface area contributed by atoms with E-state index in [9.17, 15) is 4.79 Å². The van der Waals surface area contributed by atoms with Crippen molar-refractivity contribution >= 4 is 16.7 Å². The molecule has 2 aromatic carbocycles. The lowest BCUT2D eigenvalue weighted by Crippen LogP contribution is -2.03. The topological polar surface area (TPSA) is 30.0 Å². The minimum absolute atomic E-state index is 0.124. The zero-order chi connectivity index (χ0) is 13.1. The number of pyridine rings is 1. The lowest BCUT2D eigenvalue weighted by molar-refractivity contribution is 0.0993. The van der Waals surface area contributed by atoms with E-state index >= 15 is 0 Å². The number of rotatable bonds is 3. The fraction of sp³-hybridized carbons (Fsp3) is 0.0588. The summed E-state index contributed by atoms with van der Waals surface area (Å²) >= 11 is 0. The summed E-state index contributed by atoms with van der Waals surface area (Å²) < 4.78 is 0. The van der Waals surface area contributed by atoms with Crippen molar-refractivity contribution in [2.24, 2.45) is 0 Å². The quantitative estimate of drug-likeness (QED) is 0.661. The van der Waals surface area contributed by atoms with E-state index in [0.717, 1.165) is 22.0 Å². The first-order valence-corrected chi connectivity index (χ1v) is 6.25. The highest BCUT2D eigenvalue weighted by Crippen LogP contribution is 2.15. The van der Waals surface area contributed by atoms with Crippen LogP contribution in [-0.2, 0) is 6.42 Å². The zero-order valence-corrected chi connectivity index (χ0v) is 10.4. The van der Waals surface area contributed by atoms with E-state index in [-0.39, 0.29) is 5.78 Å². The number of nitrogens with zero attached hydrogens (tertiary/aromatic N) is 1. The Labute approximate surface area is 111 Å². The molecule has 0 aliphatic carbocycles. The molecule has 0 saturated heterocycles. The average Bonchev–Trinajstić information content (AvgIpc) is 2.48. The number of aromatic nitrogens is 1. The van der Waals surface area contributed by atoms with Crippen molar-refractivity contribution in [1.82, 2.24) is 4.98 Å². The first-order chi connectivity index (χ1) is 9.33. The second-order valence-electron chi connectivity index (χ2n) is 4.50. The fourth-order valence-corrected chi connectivity index (χ4v) is 2.12. The van der Waals surface area contributed by atoms with E-state index in [4.69, 9.17) is 0 Å².